The zero-order valence-corrected chi connectivity index (χ0v) is 15.1. The molecule has 6 heteroatoms. The Balaban J connectivity index is 1.56. The number of aryl methyl sites for hydroxylation is 1. The standard InChI is InChI=1S/C18H24N4OS/c1-3-16(14-7-5-4-6-8-14)17(23)22-11-9-15(10-12-22)20-18-19-13(2)21-24-18/h4-8,15-16H,3,9-12H2,1-2H3,(H,19,20,21). The molecule has 1 amide bonds. The third-order valence-corrected chi connectivity index (χ3v) is 5.31. The second-order valence-corrected chi connectivity index (χ2v) is 7.01. The molecule has 0 saturated carbocycles. The molecule has 0 radical (unpaired) electrons. The molecule has 1 unspecified atom stereocenters. The van der Waals surface area contributed by atoms with Crippen molar-refractivity contribution in [1.29, 1.82) is 0 Å². The number of carbonyl (C=O) groups excluding carboxylic acids is 1. The van der Waals surface area contributed by atoms with E-state index in [1.165, 1.54) is 11.5 Å². The predicted molar refractivity (Wildman–Crippen MR) is 97.3 cm³/mol. The lowest BCUT2D eigenvalue weighted by molar-refractivity contribution is -0.133. The van der Waals surface area contributed by atoms with Crippen LogP contribution < -0.4 is 5.32 Å². The molecule has 0 aliphatic carbocycles. The lowest BCUT2D eigenvalue weighted by Crippen LogP contribution is -2.44. The zero-order chi connectivity index (χ0) is 16.9. The molecule has 5 nitrogen and oxygen atoms in total. The molecule has 24 heavy (non-hydrogen) atoms. The minimum absolute atomic E-state index is 0.0264. The highest BCUT2D eigenvalue weighted by Crippen LogP contribution is 2.25. The number of aromatic nitrogens is 2. The number of amides is 1. The first-order valence-corrected chi connectivity index (χ1v) is 9.35. The van der Waals surface area contributed by atoms with Crippen LogP contribution in [0.3, 0.4) is 0 Å². The molecule has 1 atom stereocenters. The maximum atomic E-state index is 12.9. The van der Waals surface area contributed by atoms with Crippen LogP contribution in [0.1, 0.15) is 43.5 Å². The average molecular weight is 344 g/mol. The Morgan fingerprint density at radius 2 is 2.04 bits per heavy atom. The Morgan fingerprint density at radius 1 is 1.33 bits per heavy atom. The van der Waals surface area contributed by atoms with Crippen LogP contribution in [0.5, 0.6) is 0 Å². The summed E-state index contributed by atoms with van der Waals surface area (Å²) in [6.45, 7) is 5.59. The number of nitrogens with one attached hydrogen (secondary N) is 1. The summed E-state index contributed by atoms with van der Waals surface area (Å²) in [5.74, 6) is 1.04. The lowest BCUT2D eigenvalue weighted by atomic mass is 9.93. The Hall–Kier alpha value is -1.95. The van der Waals surface area contributed by atoms with Gasteiger partial charge in [-0.1, -0.05) is 37.3 Å². The monoisotopic (exact) mass is 344 g/mol. The van der Waals surface area contributed by atoms with Crippen molar-refractivity contribution in [3.05, 3.63) is 41.7 Å². The van der Waals surface area contributed by atoms with Gasteiger partial charge in [0.25, 0.3) is 0 Å². The van der Waals surface area contributed by atoms with Crippen LogP contribution >= 0.6 is 11.5 Å². The van der Waals surface area contributed by atoms with Crippen molar-refractivity contribution >= 4 is 22.6 Å². The van der Waals surface area contributed by atoms with Crippen molar-refractivity contribution in [2.45, 2.75) is 45.1 Å². The van der Waals surface area contributed by atoms with Crippen molar-refractivity contribution in [2.75, 3.05) is 18.4 Å². The van der Waals surface area contributed by atoms with Crippen molar-refractivity contribution in [2.24, 2.45) is 0 Å². The van der Waals surface area contributed by atoms with Gasteiger partial charge in [-0.2, -0.15) is 4.37 Å². The molecule has 1 saturated heterocycles. The highest BCUT2D eigenvalue weighted by molar-refractivity contribution is 7.09. The van der Waals surface area contributed by atoms with E-state index in [1.807, 2.05) is 30.0 Å². The molecule has 1 aromatic carbocycles. The Labute approximate surface area is 147 Å². The predicted octanol–water partition coefficient (Wildman–Crippen LogP) is 3.44. The van der Waals surface area contributed by atoms with Crippen LogP contribution in [0.2, 0.25) is 0 Å². The molecule has 2 heterocycles. The van der Waals surface area contributed by atoms with E-state index < -0.39 is 0 Å². The van der Waals surface area contributed by atoms with Crippen LogP contribution in [-0.2, 0) is 4.79 Å². The fraction of sp³-hybridized carbons (Fsp3) is 0.500. The molecule has 128 valence electrons. The van der Waals surface area contributed by atoms with Gasteiger partial charge in [0, 0.05) is 30.7 Å². The normalized spacial score (nSPS) is 16.8. The summed E-state index contributed by atoms with van der Waals surface area (Å²) in [5.41, 5.74) is 1.12. The lowest BCUT2D eigenvalue weighted by Gasteiger charge is -2.34. The average Bonchev–Trinajstić information content (AvgIpc) is 3.02. The molecule has 2 aromatic rings. The van der Waals surface area contributed by atoms with E-state index in [1.54, 1.807) is 0 Å². The van der Waals surface area contributed by atoms with E-state index in [-0.39, 0.29) is 11.8 Å². The molecular formula is C18H24N4OS. The highest BCUT2D eigenvalue weighted by atomic mass is 32.1. The topological polar surface area (TPSA) is 58.1 Å². The Morgan fingerprint density at radius 3 is 2.62 bits per heavy atom. The van der Waals surface area contributed by atoms with Gasteiger partial charge in [-0.15, -0.1) is 0 Å². The van der Waals surface area contributed by atoms with Crippen LogP contribution in [0.25, 0.3) is 0 Å². The molecule has 1 aromatic heterocycles. The van der Waals surface area contributed by atoms with Gasteiger partial charge in [0.05, 0.1) is 5.92 Å². The number of piperidine rings is 1. The zero-order valence-electron chi connectivity index (χ0n) is 14.2. The smallest absolute Gasteiger partial charge is 0.230 e. The first kappa shape index (κ1) is 16.9. The molecule has 0 bridgehead atoms. The number of carbonyl (C=O) groups is 1. The summed E-state index contributed by atoms with van der Waals surface area (Å²) in [6.07, 6.45) is 2.75. The molecule has 0 spiro atoms. The number of hydrogen-bond donors (Lipinski definition) is 1. The van der Waals surface area contributed by atoms with Gasteiger partial charge >= 0.3 is 0 Å². The van der Waals surface area contributed by atoms with E-state index in [0.717, 1.165) is 48.9 Å². The van der Waals surface area contributed by atoms with Crippen molar-refractivity contribution in [3.8, 4) is 0 Å². The van der Waals surface area contributed by atoms with E-state index in [2.05, 4.69) is 33.7 Å². The number of likely N-dealkylation sites (tertiary alicyclic amines) is 1. The molecule has 1 aliphatic heterocycles. The van der Waals surface area contributed by atoms with Gasteiger partial charge in [0.2, 0.25) is 11.0 Å². The molecule has 1 aliphatic rings. The maximum Gasteiger partial charge on any atom is 0.230 e. The maximum absolute atomic E-state index is 12.9. The third-order valence-electron chi connectivity index (χ3n) is 4.57. The van der Waals surface area contributed by atoms with Gasteiger partial charge in [0.1, 0.15) is 5.82 Å². The first-order chi connectivity index (χ1) is 11.7. The van der Waals surface area contributed by atoms with Crippen LogP contribution in [-0.4, -0.2) is 39.3 Å². The molecule has 1 fully saturated rings. The van der Waals surface area contributed by atoms with Crippen LogP contribution in [0.4, 0.5) is 5.13 Å². The van der Waals surface area contributed by atoms with Crippen molar-refractivity contribution < 1.29 is 4.79 Å². The SMILES string of the molecule is CCC(C(=O)N1CCC(Nc2nc(C)ns2)CC1)c1ccccc1. The quantitative estimate of drug-likeness (QED) is 0.903. The van der Waals surface area contributed by atoms with Gasteiger partial charge < -0.3 is 10.2 Å². The summed E-state index contributed by atoms with van der Waals surface area (Å²) in [7, 11) is 0. The van der Waals surface area contributed by atoms with E-state index in [0.29, 0.717) is 6.04 Å². The second-order valence-electron chi connectivity index (χ2n) is 6.26. The van der Waals surface area contributed by atoms with Gasteiger partial charge in [-0.05, 0) is 31.7 Å². The Kier molecular flexibility index (Phi) is 5.45. The van der Waals surface area contributed by atoms with E-state index in [4.69, 9.17) is 0 Å². The van der Waals surface area contributed by atoms with Gasteiger partial charge in [-0.3, -0.25) is 4.79 Å². The largest absolute Gasteiger partial charge is 0.357 e. The number of benzene rings is 1. The fourth-order valence-electron chi connectivity index (χ4n) is 3.23. The Bertz CT molecular complexity index is 665. The molecular weight excluding hydrogens is 320 g/mol. The number of anilines is 1. The fourth-order valence-corrected chi connectivity index (χ4v) is 3.88. The van der Waals surface area contributed by atoms with E-state index in [9.17, 15) is 4.79 Å². The summed E-state index contributed by atoms with van der Waals surface area (Å²) < 4.78 is 4.20. The molecule has 1 N–H and O–H groups in total. The summed E-state index contributed by atoms with van der Waals surface area (Å²) in [5, 5.41) is 4.33. The number of rotatable bonds is 5. The summed E-state index contributed by atoms with van der Waals surface area (Å²) in [6, 6.07) is 10.5. The molecule has 3 rings (SSSR count). The third kappa shape index (κ3) is 3.93. The minimum Gasteiger partial charge on any atom is -0.357 e. The van der Waals surface area contributed by atoms with Gasteiger partial charge in [0.15, 0.2) is 0 Å². The first-order valence-electron chi connectivity index (χ1n) is 8.58. The van der Waals surface area contributed by atoms with Crippen LogP contribution in [0, 0.1) is 6.92 Å². The van der Waals surface area contributed by atoms with Gasteiger partial charge in [-0.25, -0.2) is 4.98 Å². The number of hydrogen-bond acceptors (Lipinski definition) is 5. The van der Waals surface area contributed by atoms with Crippen molar-refractivity contribution in [3.63, 3.8) is 0 Å². The summed E-state index contributed by atoms with van der Waals surface area (Å²) in [4.78, 5) is 19.3. The van der Waals surface area contributed by atoms with Crippen LogP contribution in [0.15, 0.2) is 30.3 Å². The minimum atomic E-state index is -0.0264. The van der Waals surface area contributed by atoms with Crippen molar-refractivity contribution in [1.82, 2.24) is 14.3 Å². The number of nitrogens with zero attached hydrogens (tertiary/aromatic N) is 3. The second kappa shape index (κ2) is 7.75. The highest BCUT2D eigenvalue weighted by Gasteiger charge is 2.28. The summed E-state index contributed by atoms with van der Waals surface area (Å²) >= 11 is 1.40. The van der Waals surface area contributed by atoms with E-state index >= 15 is 0 Å².